The highest BCUT2D eigenvalue weighted by Crippen LogP contribution is 2.49. The van der Waals surface area contributed by atoms with Crippen molar-refractivity contribution in [2.75, 3.05) is 0 Å². The van der Waals surface area contributed by atoms with Crippen molar-refractivity contribution in [3.8, 4) is 0 Å². The Bertz CT molecular complexity index is 884. The van der Waals surface area contributed by atoms with E-state index in [1.54, 1.807) is 0 Å². The molecule has 1 aliphatic carbocycles. The lowest BCUT2D eigenvalue weighted by Gasteiger charge is -2.28. The van der Waals surface area contributed by atoms with Gasteiger partial charge in [-0.15, -0.1) is 0 Å². The summed E-state index contributed by atoms with van der Waals surface area (Å²) in [5.74, 6) is 0. The van der Waals surface area contributed by atoms with Crippen LogP contribution in [0.4, 0.5) is 52.7 Å². The molecule has 1 aliphatic rings. The monoisotopic (exact) mass is 524 g/mol. The molecule has 0 aliphatic heterocycles. The highest BCUT2D eigenvalue weighted by molar-refractivity contribution is 7.73. The number of hydrogen-bond donors (Lipinski definition) is 0. The number of rotatable bonds is 3. The maximum Gasteiger partial charge on any atom is 0.416 e. The van der Waals surface area contributed by atoms with E-state index in [1.807, 2.05) is 0 Å². The zero-order valence-electron chi connectivity index (χ0n) is 16.6. The Kier molecular flexibility index (Phi) is 6.98. The molecular weight excluding hydrogens is 511 g/mol. The molecule has 1 unspecified atom stereocenters. The first-order chi connectivity index (χ1) is 15.4. The molecule has 1 fully saturated rings. The SMILES string of the molecule is FC(F)(F)c1cc(P(c2cc(C(F)(F)F)cc(C(F)(F)F)c2)C2[CH][CH]CC2)cc(C(F)(F)F)c1. The van der Waals surface area contributed by atoms with Crippen LogP contribution in [0.3, 0.4) is 0 Å². The van der Waals surface area contributed by atoms with E-state index in [2.05, 4.69) is 0 Å². The lowest BCUT2D eigenvalue weighted by Crippen LogP contribution is -2.26. The summed E-state index contributed by atoms with van der Waals surface area (Å²) in [6, 6.07) is 1.16. The lowest BCUT2D eigenvalue weighted by molar-refractivity contribution is -0.144. The predicted molar refractivity (Wildman–Crippen MR) is 101 cm³/mol. The van der Waals surface area contributed by atoms with E-state index in [9.17, 15) is 52.7 Å². The maximum atomic E-state index is 13.3. The van der Waals surface area contributed by atoms with Crippen LogP contribution < -0.4 is 10.6 Å². The number of hydrogen-bond acceptors (Lipinski definition) is 0. The summed E-state index contributed by atoms with van der Waals surface area (Å²) in [5, 5.41) is -1.25. The minimum Gasteiger partial charge on any atom is -0.166 e. The van der Waals surface area contributed by atoms with Gasteiger partial charge in [0.15, 0.2) is 0 Å². The third kappa shape index (κ3) is 5.98. The fourth-order valence-corrected chi connectivity index (χ4v) is 6.40. The van der Waals surface area contributed by atoms with Gasteiger partial charge >= 0.3 is 24.7 Å². The topological polar surface area (TPSA) is 0 Å². The van der Waals surface area contributed by atoms with E-state index < -0.39 is 71.1 Å². The second-order valence-corrected chi connectivity index (χ2v) is 9.91. The molecule has 0 aromatic heterocycles. The van der Waals surface area contributed by atoms with Crippen molar-refractivity contribution in [2.24, 2.45) is 0 Å². The summed E-state index contributed by atoms with van der Waals surface area (Å²) in [7, 11) is -2.49. The number of alkyl halides is 12. The molecular formula is C21H13F12P. The van der Waals surface area contributed by atoms with Gasteiger partial charge < -0.3 is 0 Å². The Labute approximate surface area is 186 Å². The van der Waals surface area contributed by atoms with Crippen molar-refractivity contribution in [1.82, 2.24) is 0 Å². The molecule has 2 aromatic carbocycles. The lowest BCUT2D eigenvalue weighted by atomic mass is 10.1. The van der Waals surface area contributed by atoms with E-state index >= 15 is 0 Å². The van der Waals surface area contributed by atoms with Gasteiger partial charge in [0.05, 0.1) is 22.3 Å². The van der Waals surface area contributed by atoms with Crippen molar-refractivity contribution in [3.05, 3.63) is 71.5 Å². The highest BCUT2D eigenvalue weighted by Gasteiger charge is 2.41. The van der Waals surface area contributed by atoms with Crippen molar-refractivity contribution in [1.29, 1.82) is 0 Å². The van der Waals surface area contributed by atoms with Crippen LogP contribution in [-0.2, 0) is 24.7 Å². The van der Waals surface area contributed by atoms with E-state index in [4.69, 9.17) is 0 Å². The van der Waals surface area contributed by atoms with Gasteiger partial charge in [0, 0.05) is 0 Å². The highest BCUT2D eigenvalue weighted by atomic mass is 31.1. The van der Waals surface area contributed by atoms with Gasteiger partial charge in [0.25, 0.3) is 0 Å². The molecule has 3 rings (SSSR count). The second-order valence-electron chi connectivity index (χ2n) is 7.47. The van der Waals surface area contributed by atoms with Gasteiger partial charge in [-0.3, -0.25) is 0 Å². The average molecular weight is 524 g/mol. The van der Waals surface area contributed by atoms with Crippen LogP contribution in [0.25, 0.3) is 0 Å². The maximum absolute atomic E-state index is 13.3. The standard InChI is InChI=1S/C21H13F12P/c22-18(23,24)11-5-12(19(25,26)27)8-16(7-11)34(15-3-1-2-4-15)17-9-13(20(28,29)30)6-14(10-17)21(31,32)33/h1,3,5-10,15H,2,4H2. The van der Waals surface area contributed by atoms with Crippen LogP contribution >= 0.6 is 7.92 Å². The molecule has 34 heavy (non-hydrogen) atoms. The normalized spacial score (nSPS) is 16.5. The summed E-state index contributed by atoms with van der Waals surface area (Å²) in [4.78, 5) is 0. The molecule has 0 heterocycles. The van der Waals surface area contributed by atoms with Crippen LogP contribution in [0.1, 0.15) is 35.1 Å². The number of benzene rings is 2. The van der Waals surface area contributed by atoms with Crippen LogP contribution in [0, 0.1) is 12.8 Å². The van der Waals surface area contributed by atoms with Gasteiger partial charge in [-0.25, -0.2) is 0 Å². The molecule has 0 bridgehead atoms. The van der Waals surface area contributed by atoms with E-state index in [1.165, 1.54) is 12.8 Å². The zero-order chi connectivity index (χ0) is 25.7. The molecule has 2 aromatic rings. The Morgan fingerprint density at radius 3 is 1.09 bits per heavy atom. The van der Waals surface area contributed by atoms with Gasteiger partial charge in [-0.1, -0.05) is 0 Å². The molecule has 0 saturated heterocycles. The van der Waals surface area contributed by atoms with E-state index in [0.717, 1.165) is 0 Å². The predicted octanol–water partition coefficient (Wildman–Crippen LogP) is 7.77. The zero-order valence-corrected chi connectivity index (χ0v) is 17.5. The first-order valence-corrected chi connectivity index (χ1v) is 10.8. The molecule has 0 spiro atoms. The number of halogens is 12. The fraction of sp³-hybridized carbons (Fsp3) is 0.333. The Morgan fingerprint density at radius 2 is 0.853 bits per heavy atom. The summed E-state index contributed by atoms with van der Waals surface area (Å²) in [5.41, 5.74) is -7.65. The van der Waals surface area contributed by atoms with Crippen LogP contribution in [-0.4, -0.2) is 5.66 Å². The van der Waals surface area contributed by atoms with Crippen LogP contribution in [0.2, 0.25) is 0 Å². The van der Waals surface area contributed by atoms with E-state index in [0.29, 0.717) is 30.7 Å². The van der Waals surface area contributed by atoms with Gasteiger partial charge in [0.1, 0.15) is 0 Å². The minimum atomic E-state index is -5.23. The summed E-state index contributed by atoms with van der Waals surface area (Å²) >= 11 is 0. The molecule has 186 valence electrons. The Balaban J connectivity index is 2.32. The summed E-state index contributed by atoms with van der Waals surface area (Å²) in [6.45, 7) is 0. The molecule has 0 amide bonds. The van der Waals surface area contributed by atoms with Gasteiger partial charge in [-0.2, -0.15) is 52.7 Å². The van der Waals surface area contributed by atoms with Crippen molar-refractivity contribution < 1.29 is 52.7 Å². The fourth-order valence-electron chi connectivity index (χ4n) is 3.52. The Morgan fingerprint density at radius 1 is 0.529 bits per heavy atom. The van der Waals surface area contributed by atoms with E-state index in [-0.39, 0.29) is 18.6 Å². The average Bonchev–Trinajstić information content (AvgIpc) is 3.19. The molecule has 0 N–H and O–H groups in total. The molecule has 1 atom stereocenters. The van der Waals surface area contributed by atoms with Gasteiger partial charge in [-0.05, 0) is 86.3 Å². The van der Waals surface area contributed by atoms with Crippen molar-refractivity contribution in [3.63, 3.8) is 0 Å². The molecule has 2 radical (unpaired) electrons. The third-order valence-electron chi connectivity index (χ3n) is 5.02. The first-order valence-electron chi connectivity index (χ1n) is 9.42. The Hall–Kier alpha value is -1.97. The quantitative estimate of drug-likeness (QED) is 0.285. The van der Waals surface area contributed by atoms with Crippen molar-refractivity contribution in [2.45, 2.75) is 43.2 Å². The largest absolute Gasteiger partial charge is 0.416 e. The molecule has 0 nitrogen and oxygen atoms in total. The summed E-state index contributed by atoms with van der Waals surface area (Å²) < 4.78 is 160. The van der Waals surface area contributed by atoms with Crippen LogP contribution in [0.5, 0.6) is 0 Å². The van der Waals surface area contributed by atoms with Crippen molar-refractivity contribution >= 4 is 18.5 Å². The van der Waals surface area contributed by atoms with Gasteiger partial charge in [0.2, 0.25) is 0 Å². The third-order valence-corrected chi connectivity index (χ3v) is 7.74. The smallest absolute Gasteiger partial charge is 0.166 e. The molecule has 13 heteroatoms. The second kappa shape index (κ2) is 8.91. The molecule has 1 saturated carbocycles. The summed E-state index contributed by atoms with van der Waals surface area (Å²) in [6.07, 6.45) is -17.5. The van der Waals surface area contributed by atoms with Crippen LogP contribution in [0.15, 0.2) is 36.4 Å². The first kappa shape index (κ1) is 26.6. The minimum absolute atomic E-state index is 0.140.